The summed E-state index contributed by atoms with van der Waals surface area (Å²) in [7, 11) is 0. The molecule has 0 amide bonds. The summed E-state index contributed by atoms with van der Waals surface area (Å²) in [6.45, 7) is 0. The van der Waals surface area contributed by atoms with Crippen LogP contribution in [0.2, 0.25) is 0 Å². The van der Waals surface area contributed by atoms with Crippen LogP contribution in [0.4, 0.5) is 0 Å². The van der Waals surface area contributed by atoms with Gasteiger partial charge in [0.1, 0.15) is 17.2 Å². The summed E-state index contributed by atoms with van der Waals surface area (Å²) >= 11 is 3.32. The molecule has 0 unspecified atom stereocenters. The molecule has 0 aromatic heterocycles. The zero-order chi connectivity index (χ0) is 10.7. The first-order chi connectivity index (χ1) is 7.25. The number of halogens is 1. The van der Waals surface area contributed by atoms with E-state index in [2.05, 4.69) is 15.9 Å². The highest BCUT2D eigenvalue weighted by Crippen LogP contribution is 2.31. The molecule has 15 heavy (non-hydrogen) atoms. The average molecular weight is 265 g/mol. The van der Waals surface area contributed by atoms with Gasteiger partial charge in [-0.2, -0.15) is 0 Å². The molecular formula is C12H9BrO2. The van der Waals surface area contributed by atoms with Crippen molar-refractivity contribution in [1.82, 2.24) is 0 Å². The maximum Gasteiger partial charge on any atom is 0.141 e. The zero-order valence-electron chi connectivity index (χ0n) is 7.85. The van der Waals surface area contributed by atoms with E-state index in [1.165, 1.54) is 0 Å². The lowest BCUT2D eigenvalue weighted by molar-refractivity contribution is 0.462. The van der Waals surface area contributed by atoms with Crippen LogP contribution in [0.3, 0.4) is 0 Å². The topological polar surface area (TPSA) is 29.5 Å². The molecule has 0 spiro atoms. The summed E-state index contributed by atoms with van der Waals surface area (Å²) in [4.78, 5) is 0. The summed E-state index contributed by atoms with van der Waals surface area (Å²) in [5.74, 6) is 1.66. The maximum atomic E-state index is 9.22. The van der Waals surface area contributed by atoms with Crippen LogP contribution >= 0.6 is 15.9 Å². The van der Waals surface area contributed by atoms with Gasteiger partial charge in [0.25, 0.3) is 0 Å². The minimum atomic E-state index is 0.210. The Labute approximate surface area is 96.3 Å². The quantitative estimate of drug-likeness (QED) is 0.890. The van der Waals surface area contributed by atoms with Crippen LogP contribution in [0.25, 0.3) is 0 Å². The molecule has 2 rings (SSSR count). The molecule has 1 N–H and O–H groups in total. The molecule has 0 aliphatic rings. The molecule has 76 valence electrons. The van der Waals surface area contributed by atoms with E-state index in [9.17, 15) is 5.11 Å². The number of ether oxygens (including phenoxy) is 1. The lowest BCUT2D eigenvalue weighted by Gasteiger charge is -2.07. The maximum absolute atomic E-state index is 9.22. The van der Waals surface area contributed by atoms with Crippen LogP contribution in [0.15, 0.2) is 53.0 Å². The Bertz CT molecular complexity index is 454. The van der Waals surface area contributed by atoms with Gasteiger partial charge in [0, 0.05) is 0 Å². The Balaban J connectivity index is 2.25. The molecule has 0 heterocycles. The van der Waals surface area contributed by atoms with Crippen molar-refractivity contribution < 1.29 is 9.84 Å². The number of hydrogen-bond acceptors (Lipinski definition) is 2. The van der Waals surface area contributed by atoms with E-state index in [0.717, 1.165) is 10.2 Å². The van der Waals surface area contributed by atoms with Gasteiger partial charge in [-0.1, -0.05) is 18.2 Å². The molecule has 2 aromatic rings. The molecule has 0 saturated carbocycles. The average Bonchev–Trinajstić information content (AvgIpc) is 2.24. The van der Waals surface area contributed by atoms with Crippen LogP contribution in [0.1, 0.15) is 0 Å². The van der Waals surface area contributed by atoms with Gasteiger partial charge in [0.05, 0.1) is 4.47 Å². The third-order valence-corrected chi connectivity index (χ3v) is 2.51. The first kappa shape index (κ1) is 10.1. The second kappa shape index (κ2) is 4.36. The Hall–Kier alpha value is -1.48. The normalized spacial score (nSPS) is 9.93. The number of benzene rings is 2. The van der Waals surface area contributed by atoms with Gasteiger partial charge >= 0.3 is 0 Å². The molecule has 2 nitrogen and oxygen atoms in total. The third-order valence-electron chi connectivity index (χ3n) is 1.89. The highest BCUT2D eigenvalue weighted by Gasteiger charge is 2.02. The number of rotatable bonds is 2. The molecule has 0 radical (unpaired) electrons. The van der Waals surface area contributed by atoms with E-state index in [-0.39, 0.29) is 5.75 Å². The van der Waals surface area contributed by atoms with Crippen molar-refractivity contribution in [3.05, 3.63) is 53.0 Å². The van der Waals surface area contributed by atoms with Crippen molar-refractivity contribution in [3.8, 4) is 17.2 Å². The van der Waals surface area contributed by atoms with Crippen LogP contribution in [0.5, 0.6) is 17.2 Å². The van der Waals surface area contributed by atoms with Gasteiger partial charge in [-0.15, -0.1) is 0 Å². The fraction of sp³-hybridized carbons (Fsp3) is 0. The fourth-order valence-electron chi connectivity index (χ4n) is 1.19. The van der Waals surface area contributed by atoms with Gasteiger partial charge in [-0.05, 0) is 46.3 Å². The zero-order valence-corrected chi connectivity index (χ0v) is 9.44. The van der Waals surface area contributed by atoms with Crippen molar-refractivity contribution in [2.45, 2.75) is 0 Å². The highest BCUT2D eigenvalue weighted by atomic mass is 79.9. The van der Waals surface area contributed by atoms with Gasteiger partial charge in [-0.3, -0.25) is 0 Å². The van der Waals surface area contributed by atoms with Crippen molar-refractivity contribution in [2.24, 2.45) is 0 Å². The minimum absolute atomic E-state index is 0.210. The molecule has 0 fully saturated rings. The first-order valence-electron chi connectivity index (χ1n) is 4.47. The van der Waals surface area contributed by atoms with Crippen LogP contribution < -0.4 is 4.74 Å². The monoisotopic (exact) mass is 264 g/mol. The summed E-state index contributed by atoms with van der Waals surface area (Å²) in [6.07, 6.45) is 0. The van der Waals surface area contributed by atoms with E-state index in [0.29, 0.717) is 5.75 Å². The van der Waals surface area contributed by atoms with Crippen molar-refractivity contribution in [1.29, 1.82) is 0 Å². The predicted molar refractivity (Wildman–Crippen MR) is 62.3 cm³/mol. The Kier molecular flexibility index (Phi) is 2.92. The Morgan fingerprint density at radius 2 is 1.73 bits per heavy atom. The largest absolute Gasteiger partial charge is 0.508 e. The molecule has 0 saturated heterocycles. The summed E-state index contributed by atoms with van der Waals surface area (Å²) in [6, 6.07) is 14.4. The SMILES string of the molecule is Oc1ccc(Oc2ccccc2)c(Br)c1. The second-order valence-corrected chi connectivity index (χ2v) is 3.88. The van der Waals surface area contributed by atoms with Gasteiger partial charge in [-0.25, -0.2) is 0 Å². The standard InChI is InChI=1S/C12H9BrO2/c13-11-8-9(14)6-7-12(11)15-10-4-2-1-3-5-10/h1-8,14H. The van der Waals surface area contributed by atoms with Crippen LogP contribution in [-0.4, -0.2) is 5.11 Å². The van der Waals surface area contributed by atoms with E-state index < -0.39 is 0 Å². The first-order valence-corrected chi connectivity index (χ1v) is 5.26. The van der Waals surface area contributed by atoms with Crippen molar-refractivity contribution >= 4 is 15.9 Å². The van der Waals surface area contributed by atoms with Crippen LogP contribution in [0, 0.1) is 0 Å². The molecule has 0 bridgehead atoms. The molecule has 3 heteroatoms. The fourth-order valence-corrected chi connectivity index (χ4v) is 1.64. The number of hydrogen-bond donors (Lipinski definition) is 1. The van der Waals surface area contributed by atoms with E-state index in [4.69, 9.17) is 4.74 Å². The predicted octanol–water partition coefficient (Wildman–Crippen LogP) is 3.95. The Morgan fingerprint density at radius 3 is 2.40 bits per heavy atom. The number of phenolic OH excluding ortho intramolecular Hbond substituents is 1. The van der Waals surface area contributed by atoms with Gasteiger partial charge in [0.2, 0.25) is 0 Å². The van der Waals surface area contributed by atoms with Crippen molar-refractivity contribution in [2.75, 3.05) is 0 Å². The highest BCUT2D eigenvalue weighted by molar-refractivity contribution is 9.10. The molecule has 0 aliphatic carbocycles. The lowest BCUT2D eigenvalue weighted by Crippen LogP contribution is -1.84. The summed E-state index contributed by atoms with van der Waals surface area (Å²) in [5, 5.41) is 9.22. The molecule has 0 atom stereocenters. The number of aromatic hydroxyl groups is 1. The summed E-state index contributed by atoms with van der Waals surface area (Å²) in [5.41, 5.74) is 0. The third kappa shape index (κ3) is 2.50. The Morgan fingerprint density at radius 1 is 1.00 bits per heavy atom. The molecular weight excluding hydrogens is 256 g/mol. The smallest absolute Gasteiger partial charge is 0.141 e. The lowest BCUT2D eigenvalue weighted by atomic mass is 10.3. The van der Waals surface area contributed by atoms with E-state index in [1.54, 1.807) is 18.2 Å². The summed E-state index contributed by atoms with van der Waals surface area (Å²) < 4.78 is 6.33. The van der Waals surface area contributed by atoms with Gasteiger partial charge < -0.3 is 9.84 Å². The second-order valence-electron chi connectivity index (χ2n) is 3.03. The van der Waals surface area contributed by atoms with Crippen LogP contribution in [-0.2, 0) is 0 Å². The minimum Gasteiger partial charge on any atom is -0.508 e. The number of para-hydroxylation sites is 1. The molecule has 0 aliphatic heterocycles. The molecule has 2 aromatic carbocycles. The van der Waals surface area contributed by atoms with E-state index in [1.807, 2.05) is 30.3 Å². The van der Waals surface area contributed by atoms with Crippen molar-refractivity contribution in [3.63, 3.8) is 0 Å². The van der Waals surface area contributed by atoms with Gasteiger partial charge in [0.15, 0.2) is 0 Å². The number of phenols is 1. The van der Waals surface area contributed by atoms with E-state index >= 15 is 0 Å².